The highest BCUT2D eigenvalue weighted by atomic mass is 35.5. The van der Waals surface area contributed by atoms with Gasteiger partial charge in [0.05, 0.1) is 78.1 Å². The maximum absolute atomic E-state index is 13.9. The fourth-order valence-electron chi connectivity index (χ4n) is 10.6. The summed E-state index contributed by atoms with van der Waals surface area (Å²) in [6, 6.07) is 21.4. The van der Waals surface area contributed by atoms with Gasteiger partial charge in [0.25, 0.3) is 0 Å². The minimum absolute atomic E-state index is 0.0375. The Kier molecular flexibility index (Phi) is 19.9. The van der Waals surface area contributed by atoms with Crippen molar-refractivity contribution in [2.45, 2.75) is 114 Å². The lowest BCUT2D eigenvalue weighted by molar-refractivity contribution is -0.123. The number of para-hydroxylation sites is 1. The van der Waals surface area contributed by atoms with Gasteiger partial charge in [-0.1, -0.05) is 49.7 Å². The number of aromatic nitrogens is 3. The van der Waals surface area contributed by atoms with E-state index in [0.29, 0.717) is 82.2 Å². The van der Waals surface area contributed by atoms with Crippen molar-refractivity contribution in [2.75, 3.05) is 101 Å². The average Bonchev–Trinajstić information content (AvgIpc) is 4.00. The molecule has 2 saturated heterocycles. The number of rotatable bonds is 24. The molecule has 3 aromatic carbocycles. The number of sulfone groups is 1. The van der Waals surface area contributed by atoms with Crippen molar-refractivity contribution in [1.82, 2.24) is 35.4 Å². The van der Waals surface area contributed by atoms with Crippen molar-refractivity contribution in [3.05, 3.63) is 112 Å². The highest BCUT2D eigenvalue weighted by Gasteiger charge is 2.41. The van der Waals surface area contributed by atoms with Crippen LogP contribution in [0.15, 0.2) is 84.0 Å². The monoisotopic (exact) mass is 1120 g/mol. The van der Waals surface area contributed by atoms with Gasteiger partial charge in [0, 0.05) is 57.0 Å². The summed E-state index contributed by atoms with van der Waals surface area (Å²) in [6.07, 6.45) is 5.69. The second kappa shape index (κ2) is 26.6. The summed E-state index contributed by atoms with van der Waals surface area (Å²) >= 11 is 6.53. The zero-order valence-corrected chi connectivity index (χ0v) is 48.8. The minimum atomic E-state index is -3.59. The molecule has 0 radical (unpaired) electrons. The maximum atomic E-state index is 13.9. The summed E-state index contributed by atoms with van der Waals surface area (Å²) in [6.45, 7) is 22.2. The van der Waals surface area contributed by atoms with Gasteiger partial charge in [-0.2, -0.15) is 4.98 Å². The third kappa shape index (κ3) is 15.3. The summed E-state index contributed by atoms with van der Waals surface area (Å²) in [5.74, 6) is 2.22. The summed E-state index contributed by atoms with van der Waals surface area (Å²) < 4.78 is 50.0. The van der Waals surface area contributed by atoms with Gasteiger partial charge in [-0.3, -0.25) is 24.4 Å². The topological polar surface area (TPSA) is 202 Å². The van der Waals surface area contributed by atoms with Crippen LogP contribution in [0.25, 0.3) is 0 Å². The molecule has 0 saturated carbocycles. The summed E-state index contributed by atoms with van der Waals surface area (Å²) in [4.78, 5) is 47.4. The van der Waals surface area contributed by atoms with Crippen LogP contribution in [0.4, 0.5) is 28.8 Å². The summed E-state index contributed by atoms with van der Waals surface area (Å²) in [5.41, 5.74) is 6.99. The number of benzene rings is 3. The first-order chi connectivity index (χ1) is 37.8. The largest absolute Gasteiger partial charge is 0.491 e. The number of amides is 2. The van der Waals surface area contributed by atoms with Crippen LogP contribution in [0.2, 0.25) is 5.02 Å². The Morgan fingerprint density at radius 3 is 2.46 bits per heavy atom. The van der Waals surface area contributed by atoms with E-state index in [1.54, 1.807) is 45.2 Å². The van der Waals surface area contributed by atoms with E-state index < -0.39 is 15.1 Å². The van der Waals surface area contributed by atoms with Crippen LogP contribution in [0.3, 0.4) is 0 Å². The average molecular weight is 1120 g/mol. The number of pyridine rings is 1. The Labute approximate surface area is 471 Å². The number of piperazine rings is 1. The number of nitrogens with one attached hydrogen (secondary N) is 4. The molecule has 0 bridgehead atoms. The number of hydrogen-bond acceptors (Lipinski definition) is 16. The van der Waals surface area contributed by atoms with Crippen molar-refractivity contribution < 1.29 is 37.0 Å². The predicted octanol–water partition coefficient (Wildman–Crippen LogP) is 8.20. The number of aryl methyl sites for hydroxylation is 1. The van der Waals surface area contributed by atoms with E-state index in [1.807, 2.05) is 49.2 Å². The van der Waals surface area contributed by atoms with E-state index in [2.05, 4.69) is 86.9 Å². The van der Waals surface area contributed by atoms with Crippen LogP contribution in [0, 0.1) is 6.92 Å². The molecule has 8 rings (SSSR count). The first kappa shape index (κ1) is 59.2. The Morgan fingerprint density at radius 1 is 0.911 bits per heavy atom. The lowest BCUT2D eigenvalue weighted by atomic mass is 9.86. The van der Waals surface area contributed by atoms with Gasteiger partial charge in [0.1, 0.15) is 23.1 Å². The smallest absolute Gasteiger partial charge is 0.241 e. The Balaban J connectivity index is 0.762. The molecule has 426 valence electrons. The number of anilines is 5. The van der Waals surface area contributed by atoms with Gasteiger partial charge in [-0.25, -0.2) is 13.4 Å². The highest BCUT2D eigenvalue weighted by molar-refractivity contribution is 7.92. The van der Waals surface area contributed by atoms with Crippen LogP contribution in [-0.4, -0.2) is 154 Å². The van der Waals surface area contributed by atoms with E-state index in [0.717, 1.165) is 72.8 Å². The Morgan fingerprint density at radius 2 is 1.70 bits per heavy atom. The van der Waals surface area contributed by atoms with Crippen molar-refractivity contribution >= 4 is 62.1 Å². The number of halogens is 1. The fraction of sp³-hybridized carbons (Fsp3) is 0.508. The molecule has 2 fully saturated rings. The number of likely N-dealkylation sites (tertiary alicyclic amines) is 1. The first-order valence-electron chi connectivity index (χ1n) is 27.5. The number of fused-ring (bicyclic) bond motifs is 1. The molecule has 0 unspecified atom stereocenters. The number of hydrogen-bond donors (Lipinski definition) is 4. The van der Waals surface area contributed by atoms with Crippen LogP contribution < -0.4 is 35.6 Å². The maximum Gasteiger partial charge on any atom is 0.241 e. The molecule has 0 spiro atoms. The highest BCUT2D eigenvalue weighted by Crippen LogP contribution is 2.41. The SMILES string of the molecule is COC[C@H]1CN[C@H](C)CN1CC(=O)N1CC(C)(C)c2ncc(Cc3cccc(OCCOCCNC(=O)CN4CCC(c5cc(OC(C)C)c(Nc6ncc(Cl)c(Nc7ccccc7S(=O)(=O)C(C)C)n6)cc5C)CC4)c3)cc21. The third-order valence-electron chi connectivity index (χ3n) is 14.7. The Hall–Kier alpha value is -5.93. The lowest BCUT2D eigenvalue weighted by Gasteiger charge is -2.39. The molecule has 20 heteroatoms. The zero-order valence-electron chi connectivity index (χ0n) is 47.2. The van der Waals surface area contributed by atoms with Crippen molar-refractivity contribution in [1.29, 1.82) is 0 Å². The normalized spacial score (nSPS) is 17.9. The van der Waals surface area contributed by atoms with E-state index in [9.17, 15) is 18.0 Å². The number of carbonyl (C=O) groups is 2. The van der Waals surface area contributed by atoms with E-state index in [-0.39, 0.29) is 57.0 Å². The number of nitrogens with zero attached hydrogens (tertiary/aromatic N) is 6. The van der Waals surface area contributed by atoms with Crippen LogP contribution in [0.1, 0.15) is 95.2 Å². The van der Waals surface area contributed by atoms with Crippen LogP contribution >= 0.6 is 11.6 Å². The van der Waals surface area contributed by atoms with Crippen molar-refractivity contribution in [3.63, 3.8) is 0 Å². The summed E-state index contributed by atoms with van der Waals surface area (Å²) in [5, 5.41) is 12.6. The summed E-state index contributed by atoms with van der Waals surface area (Å²) in [7, 11) is -1.88. The molecule has 2 atom stereocenters. The standard InChI is InChI=1S/C59H79ClN10O8S/c1-38(2)78-52-29-47(40(5)25-50(52)66-58-64-32-48(60)57(67-58)65-49-15-10-11-16-53(49)79(73,74)39(3)4)44-17-20-68(21-18-44)34-54(71)61-19-22-76-23-24-77-46-14-12-13-42(27-46)26-43-28-51-56(63-30-43)59(7,8)37-70(51)55(72)35-69-33-41(6)62-31-45(69)36-75-9/h10-16,25,27-30,32,38-39,41,44-45,62H,17-24,26,31,33-37H2,1-9H3,(H,61,71)(H2,64,65,66,67)/t41-,45-/m1/s1. The number of methoxy groups -OCH3 is 1. The zero-order chi connectivity index (χ0) is 56.4. The number of piperidine rings is 1. The third-order valence-corrected chi connectivity index (χ3v) is 17.2. The van der Waals surface area contributed by atoms with Crippen LogP contribution in [-0.2, 0) is 40.7 Å². The Bertz CT molecular complexity index is 3030. The van der Waals surface area contributed by atoms with E-state index in [1.165, 1.54) is 11.8 Å². The molecule has 0 aliphatic carbocycles. The first-order valence-corrected chi connectivity index (χ1v) is 29.5. The molecule has 18 nitrogen and oxygen atoms in total. The minimum Gasteiger partial charge on any atom is -0.491 e. The van der Waals surface area contributed by atoms with E-state index in [4.69, 9.17) is 35.5 Å². The molecule has 3 aliphatic rings. The fourth-order valence-corrected chi connectivity index (χ4v) is 11.9. The lowest BCUT2D eigenvalue weighted by Crippen LogP contribution is -2.59. The number of carbonyl (C=O) groups excluding carboxylic acids is 2. The van der Waals surface area contributed by atoms with Gasteiger partial charge in [-0.05, 0) is 145 Å². The predicted molar refractivity (Wildman–Crippen MR) is 311 cm³/mol. The second-order valence-corrected chi connectivity index (χ2v) is 25.1. The van der Waals surface area contributed by atoms with Gasteiger partial charge >= 0.3 is 0 Å². The molecule has 5 heterocycles. The van der Waals surface area contributed by atoms with E-state index >= 15 is 0 Å². The molecule has 3 aliphatic heterocycles. The van der Waals surface area contributed by atoms with Gasteiger partial charge < -0.3 is 45.1 Å². The van der Waals surface area contributed by atoms with Crippen molar-refractivity contribution in [2.24, 2.45) is 0 Å². The molecule has 4 N–H and O–H groups in total. The van der Waals surface area contributed by atoms with Gasteiger partial charge in [-0.15, -0.1) is 0 Å². The molecule has 79 heavy (non-hydrogen) atoms. The van der Waals surface area contributed by atoms with Crippen molar-refractivity contribution in [3.8, 4) is 11.5 Å². The second-order valence-electron chi connectivity index (χ2n) is 22.2. The molecule has 2 amide bonds. The molecular weight excluding hydrogens is 1040 g/mol. The molecule has 2 aromatic heterocycles. The van der Waals surface area contributed by atoms with Gasteiger partial charge in [0.15, 0.2) is 15.7 Å². The quantitative estimate of drug-likeness (QED) is 0.0430. The van der Waals surface area contributed by atoms with Gasteiger partial charge in [0.2, 0.25) is 17.8 Å². The number of ether oxygens (including phenoxy) is 4. The molecular formula is C59H79ClN10O8S. The molecule has 5 aromatic rings. The van der Waals surface area contributed by atoms with Crippen LogP contribution in [0.5, 0.6) is 11.5 Å².